The summed E-state index contributed by atoms with van der Waals surface area (Å²) in [5.41, 5.74) is 6.65. The molecule has 1 aromatic heterocycles. The van der Waals surface area contributed by atoms with E-state index in [4.69, 9.17) is 17.3 Å². The van der Waals surface area contributed by atoms with Crippen molar-refractivity contribution in [3.05, 3.63) is 64.3 Å². The van der Waals surface area contributed by atoms with E-state index in [2.05, 4.69) is 15.6 Å². The molecule has 1 amide bonds. The Balaban J connectivity index is 1.94. The van der Waals surface area contributed by atoms with E-state index in [1.165, 1.54) is 4.68 Å². The molecule has 0 atom stereocenters. The summed E-state index contributed by atoms with van der Waals surface area (Å²) in [4.78, 5) is 12.3. The molecule has 0 radical (unpaired) electrons. The molecule has 0 aliphatic rings. The van der Waals surface area contributed by atoms with Crippen LogP contribution in [0, 0.1) is 18.6 Å². The van der Waals surface area contributed by atoms with Crippen molar-refractivity contribution >= 4 is 29.0 Å². The van der Waals surface area contributed by atoms with Crippen LogP contribution in [-0.2, 0) is 0 Å². The Kier molecular flexibility index (Phi) is 4.37. The normalized spacial score (nSPS) is 10.7. The van der Waals surface area contributed by atoms with Crippen LogP contribution in [0.3, 0.4) is 0 Å². The van der Waals surface area contributed by atoms with Gasteiger partial charge in [-0.25, -0.2) is 8.78 Å². The van der Waals surface area contributed by atoms with Crippen molar-refractivity contribution in [2.24, 2.45) is 0 Å². The maximum absolute atomic E-state index is 13.6. The summed E-state index contributed by atoms with van der Waals surface area (Å²) in [7, 11) is 0. The zero-order valence-electron chi connectivity index (χ0n) is 12.9. The topological polar surface area (TPSA) is 85.8 Å². The first-order chi connectivity index (χ1) is 11.9. The van der Waals surface area contributed by atoms with Gasteiger partial charge in [0, 0.05) is 11.1 Å². The average Bonchev–Trinajstić information content (AvgIpc) is 2.95. The van der Waals surface area contributed by atoms with Crippen molar-refractivity contribution in [3.63, 3.8) is 0 Å². The predicted molar refractivity (Wildman–Crippen MR) is 89.8 cm³/mol. The second kappa shape index (κ2) is 6.48. The van der Waals surface area contributed by atoms with Crippen LogP contribution in [0.5, 0.6) is 0 Å². The fourth-order valence-corrected chi connectivity index (χ4v) is 2.40. The van der Waals surface area contributed by atoms with Gasteiger partial charge in [-0.15, -0.1) is 5.10 Å². The molecule has 0 bridgehead atoms. The lowest BCUT2D eigenvalue weighted by molar-refractivity contribution is 0.102. The first kappa shape index (κ1) is 16.8. The molecule has 1 heterocycles. The highest BCUT2D eigenvalue weighted by atomic mass is 35.5. The molecular formula is C16H12ClF2N5O. The predicted octanol–water partition coefficient (Wildman–Crippen LogP) is 3.34. The van der Waals surface area contributed by atoms with Crippen LogP contribution in [0.2, 0.25) is 5.02 Å². The van der Waals surface area contributed by atoms with Crippen LogP contribution in [0.1, 0.15) is 16.1 Å². The molecule has 6 nitrogen and oxygen atoms in total. The summed E-state index contributed by atoms with van der Waals surface area (Å²) < 4.78 is 28.1. The molecule has 0 saturated heterocycles. The Morgan fingerprint density at radius 1 is 1.28 bits per heavy atom. The molecule has 25 heavy (non-hydrogen) atoms. The first-order valence-electron chi connectivity index (χ1n) is 7.11. The second-order valence-electron chi connectivity index (χ2n) is 5.20. The highest BCUT2D eigenvalue weighted by molar-refractivity contribution is 6.31. The highest BCUT2D eigenvalue weighted by Crippen LogP contribution is 2.25. The van der Waals surface area contributed by atoms with Gasteiger partial charge in [-0.1, -0.05) is 22.9 Å². The van der Waals surface area contributed by atoms with E-state index in [1.54, 1.807) is 25.1 Å². The molecule has 0 fully saturated rings. The number of hydrogen-bond donors (Lipinski definition) is 2. The molecule has 9 heteroatoms. The van der Waals surface area contributed by atoms with E-state index >= 15 is 0 Å². The molecule has 3 N–H and O–H groups in total. The zero-order chi connectivity index (χ0) is 18.1. The lowest BCUT2D eigenvalue weighted by atomic mass is 10.2. The largest absolute Gasteiger partial charge is 0.382 e. The number of anilines is 2. The standard InChI is InChI=1S/C16H12ClF2N5O/c1-8-10(17)3-2-4-13(8)24-15(20)14(22-23-24)16(25)21-12-7-9(18)5-6-11(12)19/h2-7H,20H2,1H3,(H,21,25). The lowest BCUT2D eigenvalue weighted by Gasteiger charge is -2.08. The summed E-state index contributed by atoms with van der Waals surface area (Å²) >= 11 is 6.07. The number of nitrogens with zero attached hydrogens (tertiary/aromatic N) is 3. The lowest BCUT2D eigenvalue weighted by Crippen LogP contribution is -2.16. The average molecular weight is 364 g/mol. The van der Waals surface area contributed by atoms with Crippen molar-refractivity contribution < 1.29 is 13.6 Å². The fourth-order valence-electron chi connectivity index (χ4n) is 2.23. The Hall–Kier alpha value is -3.00. The third kappa shape index (κ3) is 3.16. The summed E-state index contributed by atoms with van der Waals surface area (Å²) in [6.45, 7) is 1.76. The van der Waals surface area contributed by atoms with Crippen LogP contribution in [0.25, 0.3) is 5.69 Å². The molecule has 3 aromatic rings. The number of aromatic nitrogens is 3. The Labute approximate surface area is 146 Å². The number of benzene rings is 2. The van der Waals surface area contributed by atoms with E-state index in [0.717, 1.165) is 18.2 Å². The molecule has 0 saturated carbocycles. The number of carbonyl (C=O) groups is 1. The Morgan fingerprint density at radius 3 is 2.80 bits per heavy atom. The maximum atomic E-state index is 13.6. The highest BCUT2D eigenvalue weighted by Gasteiger charge is 2.21. The summed E-state index contributed by atoms with van der Waals surface area (Å²) in [6, 6.07) is 7.81. The summed E-state index contributed by atoms with van der Waals surface area (Å²) in [5, 5.41) is 10.3. The molecule has 0 unspecified atom stereocenters. The van der Waals surface area contributed by atoms with Crippen LogP contribution >= 0.6 is 11.6 Å². The molecule has 3 rings (SSSR count). The number of halogens is 3. The number of hydrogen-bond acceptors (Lipinski definition) is 4. The first-order valence-corrected chi connectivity index (χ1v) is 7.49. The van der Waals surface area contributed by atoms with Crippen molar-refractivity contribution in [2.45, 2.75) is 6.92 Å². The minimum Gasteiger partial charge on any atom is -0.382 e. The van der Waals surface area contributed by atoms with Crippen molar-refractivity contribution in [3.8, 4) is 5.69 Å². The van der Waals surface area contributed by atoms with Gasteiger partial charge in [0.1, 0.15) is 11.6 Å². The maximum Gasteiger partial charge on any atom is 0.280 e. The summed E-state index contributed by atoms with van der Waals surface area (Å²) in [5.74, 6) is -2.35. The van der Waals surface area contributed by atoms with Gasteiger partial charge >= 0.3 is 0 Å². The number of nitrogens with one attached hydrogen (secondary N) is 1. The monoisotopic (exact) mass is 363 g/mol. The number of carbonyl (C=O) groups excluding carboxylic acids is 1. The van der Waals surface area contributed by atoms with Gasteiger partial charge in [0.05, 0.1) is 11.4 Å². The fraction of sp³-hybridized carbons (Fsp3) is 0.0625. The second-order valence-corrected chi connectivity index (χ2v) is 5.60. The molecule has 0 spiro atoms. The molecule has 0 aliphatic carbocycles. The smallest absolute Gasteiger partial charge is 0.280 e. The van der Waals surface area contributed by atoms with E-state index in [1.807, 2.05) is 0 Å². The van der Waals surface area contributed by atoms with Crippen LogP contribution in [-0.4, -0.2) is 20.9 Å². The van der Waals surface area contributed by atoms with Crippen molar-refractivity contribution in [2.75, 3.05) is 11.1 Å². The molecule has 2 aromatic carbocycles. The quantitative estimate of drug-likeness (QED) is 0.747. The van der Waals surface area contributed by atoms with Gasteiger partial charge in [0.15, 0.2) is 11.5 Å². The molecule has 128 valence electrons. The van der Waals surface area contributed by atoms with Gasteiger partial charge < -0.3 is 11.1 Å². The SMILES string of the molecule is Cc1c(Cl)cccc1-n1nnc(C(=O)Nc2cc(F)ccc2F)c1N. The van der Waals surface area contributed by atoms with Crippen molar-refractivity contribution in [1.82, 2.24) is 15.0 Å². The van der Waals surface area contributed by atoms with Gasteiger partial charge in [0.25, 0.3) is 5.91 Å². The number of nitrogen functional groups attached to an aromatic ring is 1. The number of nitrogens with two attached hydrogens (primary N) is 1. The van der Waals surface area contributed by atoms with Crippen molar-refractivity contribution in [1.29, 1.82) is 0 Å². The number of rotatable bonds is 3. The van der Waals surface area contributed by atoms with Crippen LogP contribution in [0.4, 0.5) is 20.3 Å². The third-order valence-electron chi connectivity index (χ3n) is 3.56. The van der Waals surface area contributed by atoms with E-state index in [0.29, 0.717) is 16.3 Å². The van der Waals surface area contributed by atoms with Gasteiger partial charge in [-0.3, -0.25) is 4.79 Å². The zero-order valence-corrected chi connectivity index (χ0v) is 13.7. The van der Waals surface area contributed by atoms with Crippen LogP contribution in [0.15, 0.2) is 36.4 Å². The molecular weight excluding hydrogens is 352 g/mol. The van der Waals surface area contributed by atoms with Crippen LogP contribution < -0.4 is 11.1 Å². The third-order valence-corrected chi connectivity index (χ3v) is 3.97. The molecule has 0 aliphatic heterocycles. The minimum atomic E-state index is -0.812. The van der Waals surface area contributed by atoms with E-state index in [-0.39, 0.29) is 17.2 Å². The van der Waals surface area contributed by atoms with E-state index < -0.39 is 17.5 Å². The van der Waals surface area contributed by atoms with Gasteiger partial charge in [-0.2, -0.15) is 4.68 Å². The van der Waals surface area contributed by atoms with E-state index in [9.17, 15) is 13.6 Å². The van der Waals surface area contributed by atoms with Gasteiger partial charge in [-0.05, 0) is 36.8 Å². The van der Waals surface area contributed by atoms with Gasteiger partial charge in [0.2, 0.25) is 0 Å². The Bertz CT molecular complexity index is 973. The minimum absolute atomic E-state index is 0.0559. The number of amides is 1. The Morgan fingerprint density at radius 2 is 2.04 bits per heavy atom. The summed E-state index contributed by atoms with van der Waals surface area (Å²) in [6.07, 6.45) is 0.